The van der Waals surface area contributed by atoms with Crippen LogP contribution < -0.4 is 0 Å². The van der Waals surface area contributed by atoms with E-state index in [4.69, 9.17) is 9.40 Å². The molecule has 7 aromatic rings. The van der Waals surface area contributed by atoms with Crippen LogP contribution in [0.4, 0.5) is 0 Å². The van der Waals surface area contributed by atoms with Crippen molar-refractivity contribution in [2.75, 3.05) is 0 Å². The second-order valence-electron chi connectivity index (χ2n) is 7.46. The zero-order valence-electron chi connectivity index (χ0n) is 15.7. The molecule has 0 saturated carbocycles. The molecule has 5 heteroatoms. The summed E-state index contributed by atoms with van der Waals surface area (Å²) in [5.41, 5.74) is 7.18. The fraction of sp³-hybridized carbons (Fsp3) is 0. The van der Waals surface area contributed by atoms with Crippen molar-refractivity contribution in [3.8, 4) is 5.69 Å². The maximum Gasteiger partial charge on any atom is 0.220 e. The first-order chi connectivity index (χ1) is 14.8. The predicted octanol–water partition coefficient (Wildman–Crippen LogP) is 7.09. The summed E-state index contributed by atoms with van der Waals surface area (Å²) in [4.78, 5) is 4.97. The summed E-state index contributed by atoms with van der Waals surface area (Å²) in [7, 11) is 0. The van der Waals surface area contributed by atoms with Crippen molar-refractivity contribution in [1.29, 1.82) is 0 Å². The van der Waals surface area contributed by atoms with Crippen LogP contribution >= 0.6 is 15.9 Å². The van der Waals surface area contributed by atoms with Gasteiger partial charge in [-0.2, -0.15) is 0 Å². The monoisotopic (exact) mass is 451 g/mol. The van der Waals surface area contributed by atoms with E-state index in [2.05, 4.69) is 85.6 Å². The van der Waals surface area contributed by atoms with Gasteiger partial charge in [-0.25, -0.2) is 4.98 Å². The molecule has 0 aliphatic heterocycles. The van der Waals surface area contributed by atoms with Crippen molar-refractivity contribution in [1.82, 2.24) is 14.0 Å². The average Bonchev–Trinajstić information content (AvgIpc) is 3.42. The van der Waals surface area contributed by atoms with Gasteiger partial charge in [-0.3, -0.25) is 8.97 Å². The van der Waals surface area contributed by atoms with Crippen molar-refractivity contribution in [3.05, 3.63) is 89.4 Å². The summed E-state index contributed by atoms with van der Waals surface area (Å²) >= 11 is 3.60. The summed E-state index contributed by atoms with van der Waals surface area (Å²) < 4.78 is 11.5. The van der Waals surface area contributed by atoms with Crippen molar-refractivity contribution >= 4 is 65.7 Å². The SMILES string of the molecule is Brc1cccc2c1oc1ccc(-n3c4ccccc4n4c5ccccc5nc34)cc12. The van der Waals surface area contributed by atoms with Crippen molar-refractivity contribution < 1.29 is 4.42 Å². The Labute approximate surface area is 179 Å². The van der Waals surface area contributed by atoms with Crippen molar-refractivity contribution in [3.63, 3.8) is 0 Å². The highest BCUT2D eigenvalue weighted by Gasteiger charge is 2.18. The Morgan fingerprint density at radius 3 is 2.43 bits per heavy atom. The third-order valence-electron chi connectivity index (χ3n) is 5.80. The first-order valence-corrected chi connectivity index (χ1v) is 10.6. The molecule has 0 aliphatic rings. The Morgan fingerprint density at radius 1 is 0.733 bits per heavy atom. The summed E-state index contributed by atoms with van der Waals surface area (Å²) in [5, 5.41) is 2.19. The first kappa shape index (κ1) is 16.3. The molecule has 3 aromatic heterocycles. The number of para-hydroxylation sites is 5. The second-order valence-corrected chi connectivity index (χ2v) is 8.31. The molecule has 0 radical (unpaired) electrons. The molecular weight excluding hydrogens is 438 g/mol. The van der Waals surface area contributed by atoms with Gasteiger partial charge in [-0.15, -0.1) is 0 Å². The molecule has 142 valence electrons. The third kappa shape index (κ3) is 2.02. The number of benzene rings is 4. The molecule has 3 heterocycles. The number of rotatable bonds is 1. The van der Waals surface area contributed by atoms with E-state index in [9.17, 15) is 0 Å². The first-order valence-electron chi connectivity index (χ1n) is 9.77. The molecule has 0 unspecified atom stereocenters. The lowest BCUT2D eigenvalue weighted by molar-refractivity contribution is 0.666. The molecule has 0 saturated heterocycles. The number of imidazole rings is 2. The molecule has 0 bridgehead atoms. The maximum atomic E-state index is 6.10. The highest BCUT2D eigenvalue weighted by Crippen LogP contribution is 2.36. The van der Waals surface area contributed by atoms with E-state index in [1.807, 2.05) is 24.3 Å². The molecule has 30 heavy (non-hydrogen) atoms. The smallest absolute Gasteiger partial charge is 0.220 e. The Hall–Kier alpha value is -3.57. The number of fused-ring (bicyclic) bond motifs is 8. The molecule has 0 atom stereocenters. The van der Waals surface area contributed by atoms with E-state index in [0.717, 1.165) is 59.9 Å². The van der Waals surface area contributed by atoms with E-state index < -0.39 is 0 Å². The molecule has 0 N–H and O–H groups in total. The molecule has 0 amide bonds. The van der Waals surface area contributed by atoms with E-state index in [-0.39, 0.29) is 0 Å². The number of hydrogen-bond acceptors (Lipinski definition) is 2. The summed E-state index contributed by atoms with van der Waals surface area (Å²) in [6.07, 6.45) is 0. The second kappa shape index (κ2) is 5.74. The van der Waals surface area contributed by atoms with E-state index >= 15 is 0 Å². The zero-order chi connectivity index (χ0) is 19.8. The normalized spacial score (nSPS) is 12.2. The van der Waals surface area contributed by atoms with Gasteiger partial charge in [-0.05, 0) is 64.5 Å². The van der Waals surface area contributed by atoms with E-state index in [1.165, 1.54) is 0 Å². The third-order valence-corrected chi connectivity index (χ3v) is 6.42. The largest absolute Gasteiger partial charge is 0.455 e. The van der Waals surface area contributed by atoms with Crippen molar-refractivity contribution in [2.45, 2.75) is 0 Å². The van der Waals surface area contributed by atoms with Gasteiger partial charge >= 0.3 is 0 Å². The number of halogens is 1. The lowest BCUT2D eigenvalue weighted by Gasteiger charge is -2.05. The predicted molar refractivity (Wildman–Crippen MR) is 125 cm³/mol. The Kier molecular flexibility index (Phi) is 3.11. The highest BCUT2D eigenvalue weighted by molar-refractivity contribution is 9.10. The minimum atomic E-state index is 0.874. The molecule has 4 aromatic carbocycles. The minimum absolute atomic E-state index is 0.874. The topological polar surface area (TPSA) is 35.4 Å². The maximum absolute atomic E-state index is 6.10. The van der Waals surface area contributed by atoms with Gasteiger partial charge in [0, 0.05) is 10.8 Å². The lowest BCUT2D eigenvalue weighted by Crippen LogP contribution is -1.94. The van der Waals surface area contributed by atoms with Gasteiger partial charge in [0.2, 0.25) is 5.78 Å². The van der Waals surface area contributed by atoms with Gasteiger partial charge in [0.05, 0.1) is 32.2 Å². The van der Waals surface area contributed by atoms with Crippen LogP contribution in [0.2, 0.25) is 0 Å². The standard InChI is InChI=1S/C25H14BrN3O/c26-18-7-5-6-16-17-14-15(12-13-23(17)30-24(16)18)28-21-10-3-4-11-22(21)29-20-9-2-1-8-19(20)27-25(28)29/h1-14H. The van der Waals surface area contributed by atoms with Gasteiger partial charge in [-0.1, -0.05) is 36.4 Å². The van der Waals surface area contributed by atoms with Crippen LogP contribution in [0.5, 0.6) is 0 Å². The molecule has 0 spiro atoms. The zero-order valence-corrected chi connectivity index (χ0v) is 17.3. The Balaban J connectivity index is 1.64. The van der Waals surface area contributed by atoms with Gasteiger partial charge in [0.1, 0.15) is 11.2 Å². The van der Waals surface area contributed by atoms with Crippen LogP contribution in [0.15, 0.2) is 93.8 Å². The molecular formula is C25H14BrN3O. The molecule has 4 nitrogen and oxygen atoms in total. The molecule has 0 aliphatic carbocycles. The Bertz CT molecular complexity index is 1770. The fourth-order valence-corrected chi connectivity index (χ4v) is 4.94. The van der Waals surface area contributed by atoms with Crippen LogP contribution in [0.25, 0.3) is 55.5 Å². The Morgan fingerprint density at radius 2 is 1.53 bits per heavy atom. The minimum Gasteiger partial charge on any atom is -0.455 e. The quantitative estimate of drug-likeness (QED) is 0.267. The highest BCUT2D eigenvalue weighted by atomic mass is 79.9. The number of nitrogens with zero attached hydrogens (tertiary/aromatic N) is 3. The van der Waals surface area contributed by atoms with Crippen LogP contribution in [0, 0.1) is 0 Å². The lowest BCUT2D eigenvalue weighted by atomic mass is 10.1. The van der Waals surface area contributed by atoms with Crippen molar-refractivity contribution in [2.24, 2.45) is 0 Å². The number of aromatic nitrogens is 3. The van der Waals surface area contributed by atoms with Crippen LogP contribution in [0.3, 0.4) is 0 Å². The van der Waals surface area contributed by atoms with Crippen LogP contribution in [0.1, 0.15) is 0 Å². The summed E-state index contributed by atoms with van der Waals surface area (Å²) in [6, 6.07) is 29.2. The summed E-state index contributed by atoms with van der Waals surface area (Å²) in [5.74, 6) is 0.908. The number of furan rings is 1. The fourth-order valence-electron chi connectivity index (χ4n) is 4.50. The van der Waals surface area contributed by atoms with E-state index in [1.54, 1.807) is 0 Å². The van der Waals surface area contributed by atoms with Gasteiger partial charge < -0.3 is 4.42 Å². The van der Waals surface area contributed by atoms with Gasteiger partial charge in [0.25, 0.3) is 0 Å². The van der Waals surface area contributed by atoms with Gasteiger partial charge in [0.15, 0.2) is 0 Å². The molecule has 0 fully saturated rings. The molecule has 7 rings (SSSR count). The number of hydrogen-bond donors (Lipinski definition) is 0. The van der Waals surface area contributed by atoms with Crippen LogP contribution in [-0.2, 0) is 0 Å². The van der Waals surface area contributed by atoms with Crippen LogP contribution in [-0.4, -0.2) is 14.0 Å². The summed E-state index contributed by atoms with van der Waals surface area (Å²) in [6.45, 7) is 0. The average molecular weight is 452 g/mol. The van der Waals surface area contributed by atoms with E-state index in [0.29, 0.717) is 0 Å².